The number of nitrogens with one attached hydrogen (secondary N) is 2. The molecule has 2 atom stereocenters. The molecule has 1 fully saturated rings. The van der Waals surface area contributed by atoms with Gasteiger partial charge in [0.15, 0.2) is 0 Å². The highest BCUT2D eigenvalue weighted by atomic mass is 35.5. The second kappa shape index (κ2) is 8.97. The van der Waals surface area contributed by atoms with E-state index in [1.54, 1.807) is 12.1 Å². The first-order valence-electron chi connectivity index (χ1n) is 6.98. The fourth-order valence-corrected chi connectivity index (χ4v) is 3.07. The summed E-state index contributed by atoms with van der Waals surface area (Å²) in [6.07, 6.45) is 2.09. The summed E-state index contributed by atoms with van der Waals surface area (Å²) < 4.78 is 0. The molecule has 0 aromatic heterocycles. The molecule has 0 bridgehead atoms. The fourth-order valence-electron chi connectivity index (χ4n) is 2.20. The van der Waals surface area contributed by atoms with E-state index < -0.39 is 4.92 Å². The molecule has 1 heterocycles. The molecule has 1 amide bonds. The molecule has 8 heteroatoms. The third-order valence-corrected chi connectivity index (χ3v) is 4.48. The second-order valence-corrected chi connectivity index (χ2v) is 6.48. The largest absolute Gasteiger partial charge is 0.351 e. The number of hydrogen-bond acceptors (Lipinski definition) is 5. The van der Waals surface area contributed by atoms with Gasteiger partial charge in [0, 0.05) is 29.6 Å². The highest BCUT2D eigenvalue weighted by Crippen LogP contribution is 2.25. The van der Waals surface area contributed by atoms with Crippen molar-refractivity contribution in [1.29, 1.82) is 0 Å². The van der Waals surface area contributed by atoms with E-state index >= 15 is 0 Å². The van der Waals surface area contributed by atoms with Gasteiger partial charge in [-0.1, -0.05) is 0 Å². The molecular weight excluding hydrogens is 326 g/mol. The van der Waals surface area contributed by atoms with Gasteiger partial charge in [-0.15, -0.1) is 24.2 Å². The first kappa shape index (κ1) is 18.7. The standard InChI is InChI=1S/C14H19N3O3S.ClH/c1-10(14(18)16-11-3-2-8-15-9-11)21-13-6-4-12(5-7-13)17(19)20;/h4-7,10-11,15H,2-3,8-9H2,1H3,(H,16,18);1H. The number of nitro benzene ring substituents is 1. The minimum atomic E-state index is -0.430. The summed E-state index contributed by atoms with van der Waals surface area (Å²) in [5.74, 6) is 0.00653. The molecule has 22 heavy (non-hydrogen) atoms. The summed E-state index contributed by atoms with van der Waals surface area (Å²) in [7, 11) is 0. The summed E-state index contributed by atoms with van der Waals surface area (Å²) >= 11 is 1.41. The number of halogens is 1. The number of piperidine rings is 1. The van der Waals surface area contributed by atoms with Crippen LogP contribution in [-0.4, -0.2) is 35.2 Å². The van der Waals surface area contributed by atoms with Gasteiger partial charge in [0.25, 0.3) is 5.69 Å². The summed E-state index contributed by atoms with van der Waals surface area (Å²) in [6, 6.07) is 6.46. The lowest BCUT2D eigenvalue weighted by Gasteiger charge is -2.25. The Labute approximate surface area is 140 Å². The van der Waals surface area contributed by atoms with Crippen LogP contribution in [0.5, 0.6) is 0 Å². The molecule has 2 N–H and O–H groups in total. The topological polar surface area (TPSA) is 84.3 Å². The van der Waals surface area contributed by atoms with Crippen molar-refractivity contribution in [1.82, 2.24) is 10.6 Å². The number of hydrogen-bond donors (Lipinski definition) is 2. The summed E-state index contributed by atoms with van der Waals surface area (Å²) in [5.41, 5.74) is 0.0599. The Balaban J connectivity index is 0.00000242. The van der Waals surface area contributed by atoms with Crippen LogP contribution in [-0.2, 0) is 4.79 Å². The van der Waals surface area contributed by atoms with Gasteiger partial charge in [-0.3, -0.25) is 14.9 Å². The van der Waals surface area contributed by atoms with E-state index in [2.05, 4.69) is 10.6 Å². The quantitative estimate of drug-likeness (QED) is 0.486. The zero-order valence-corrected chi connectivity index (χ0v) is 13.9. The fraction of sp³-hybridized carbons (Fsp3) is 0.500. The van der Waals surface area contributed by atoms with Crippen LogP contribution in [0.15, 0.2) is 29.2 Å². The summed E-state index contributed by atoms with van der Waals surface area (Å²) in [6.45, 7) is 3.68. The van der Waals surface area contributed by atoms with Crippen LogP contribution in [0, 0.1) is 10.1 Å². The number of benzene rings is 1. The van der Waals surface area contributed by atoms with E-state index in [4.69, 9.17) is 0 Å². The molecule has 1 aliphatic heterocycles. The second-order valence-electron chi connectivity index (χ2n) is 5.06. The number of thioether (sulfide) groups is 1. The molecule has 122 valence electrons. The Morgan fingerprint density at radius 1 is 1.45 bits per heavy atom. The Kier molecular flexibility index (Phi) is 7.64. The minimum Gasteiger partial charge on any atom is -0.351 e. The van der Waals surface area contributed by atoms with Crippen molar-refractivity contribution < 1.29 is 9.72 Å². The van der Waals surface area contributed by atoms with Crippen LogP contribution >= 0.6 is 24.2 Å². The monoisotopic (exact) mass is 345 g/mol. The van der Waals surface area contributed by atoms with Crippen molar-refractivity contribution in [3.8, 4) is 0 Å². The van der Waals surface area contributed by atoms with Gasteiger partial charge in [0.1, 0.15) is 0 Å². The van der Waals surface area contributed by atoms with E-state index in [0.29, 0.717) is 0 Å². The average Bonchev–Trinajstić information content (AvgIpc) is 2.48. The molecule has 1 aromatic carbocycles. The van der Waals surface area contributed by atoms with E-state index in [-0.39, 0.29) is 35.3 Å². The van der Waals surface area contributed by atoms with Gasteiger partial charge in [0.2, 0.25) is 5.91 Å². The van der Waals surface area contributed by atoms with E-state index in [1.165, 1.54) is 23.9 Å². The van der Waals surface area contributed by atoms with Crippen molar-refractivity contribution in [2.24, 2.45) is 0 Å². The highest BCUT2D eigenvalue weighted by Gasteiger charge is 2.20. The smallest absolute Gasteiger partial charge is 0.269 e. The normalized spacial score (nSPS) is 18.9. The van der Waals surface area contributed by atoms with Crippen LogP contribution in [0.2, 0.25) is 0 Å². The van der Waals surface area contributed by atoms with Crippen molar-refractivity contribution in [3.63, 3.8) is 0 Å². The van der Waals surface area contributed by atoms with Crippen LogP contribution in [0.25, 0.3) is 0 Å². The predicted octanol–water partition coefficient (Wildman–Crippen LogP) is 2.37. The van der Waals surface area contributed by atoms with Crippen LogP contribution in [0.4, 0.5) is 5.69 Å². The van der Waals surface area contributed by atoms with E-state index in [0.717, 1.165) is 30.8 Å². The predicted molar refractivity (Wildman–Crippen MR) is 89.7 cm³/mol. The maximum atomic E-state index is 12.1. The molecule has 2 unspecified atom stereocenters. The lowest BCUT2D eigenvalue weighted by Crippen LogP contribution is -2.47. The number of non-ortho nitro benzene ring substituents is 1. The highest BCUT2D eigenvalue weighted by molar-refractivity contribution is 8.00. The Bertz CT molecular complexity index is 507. The zero-order chi connectivity index (χ0) is 15.2. The van der Waals surface area contributed by atoms with Crippen molar-refractivity contribution in [2.45, 2.75) is 36.0 Å². The number of nitrogens with zero attached hydrogens (tertiary/aromatic N) is 1. The first-order chi connectivity index (χ1) is 10.1. The number of carbonyl (C=O) groups is 1. The summed E-state index contributed by atoms with van der Waals surface area (Å²) in [4.78, 5) is 23.1. The average molecular weight is 346 g/mol. The van der Waals surface area contributed by atoms with E-state index in [1.807, 2.05) is 6.92 Å². The first-order valence-corrected chi connectivity index (χ1v) is 7.86. The number of amides is 1. The van der Waals surface area contributed by atoms with Crippen LogP contribution in [0.3, 0.4) is 0 Å². The molecule has 6 nitrogen and oxygen atoms in total. The van der Waals surface area contributed by atoms with E-state index in [9.17, 15) is 14.9 Å². The van der Waals surface area contributed by atoms with Crippen LogP contribution < -0.4 is 10.6 Å². The van der Waals surface area contributed by atoms with Crippen LogP contribution in [0.1, 0.15) is 19.8 Å². The van der Waals surface area contributed by atoms with Crippen molar-refractivity contribution >= 4 is 35.8 Å². The molecular formula is C14H20ClN3O3S. The third kappa shape index (κ3) is 5.47. The van der Waals surface area contributed by atoms with Gasteiger partial charge >= 0.3 is 0 Å². The molecule has 1 aliphatic rings. The minimum absolute atomic E-state index is 0. The molecule has 0 saturated carbocycles. The molecule has 1 aromatic rings. The van der Waals surface area contributed by atoms with Gasteiger partial charge < -0.3 is 10.6 Å². The number of rotatable bonds is 5. The Morgan fingerprint density at radius 3 is 2.68 bits per heavy atom. The molecule has 0 aliphatic carbocycles. The Hall–Kier alpha value is -1.31. The lowest BCUT2D eigenvalue weighted by atomic mass is 10.1. The zero-order valence-electron chi connectivity index (χ0n) is 12.3. The maximum absolute atomic E-state index is 12.1. The molecule has 2 rings (SSSR count). The van der Waals surface area contributed by atoms with Gasteiger partial charge in [-0.05, 0) is 38.4 Å². The van der Waals surface area contributed by atoms with Gasteiger partial charge in [0.05, 0.1) is 10.2 Å². The SMILES string of the molecule is CC(Sc1ccc([N+](=O)[O-])cc1)C(=O)NC1CCCNC1.Cl. The molecule has 1 saturated heterocycles. The molecule has 0 radical (unpaired) electrons. The molecule has 0 spiro atoms. The third-order valence-electron chi connectivity index (χ3n) is 3.37. The number of carbonyl (C=O) groups excluding carboxylic acids is 1. The van der Waals surface area contributed by atoms with Gasteiger partial charge in [-0.2, -0.15) is 0 Å². The van der Waals surface area contributed by atoms with Crippen molar-refractivity contribution in [2.75, 3.05) is 13.1 Å². The van der Waals surface area contributed by atoms with Gasteiger partial charge in [-0.25, -0.2) is 0 Å². The Morgan fingerprint density at radius 2 is 2.14 bits per heavy atom. The maximum Gasteiger partial charge on any atom is 0.269 e. The van der Waals surface area contributed by atoms with Crippen molar-refractivity contribution in [3.05, 3.63) is 34.4 Å². The lowest BCUT2D eigenvalue weighted by molar-refractivity contribution is -0.384. The summed E-state index contributed by atoms with van der Waals surface area (Å²) in [5, 5.41) is 16.7. The number of nitro groups is 1.